The molecular formula is C26H23NO3. The van der Waals surface area contributed by atoms with Crippen LogP contribution < -0.4 is 10.1 Å². The fourth-order valence-corrected chi connectivity index (χ4v) is 3.62. The summed E-state index contributed by atoms with van der Waals surface area (Å²) in [5, 5.41) is 15.7. The summed E-state index contributed by atoms with van der Waals surface area (Å²) in [6, 6.07) is 28.1. The molecule has 0 aromatic heterocycles. The maximum Gasteiger partial charge on any atom is 0.258 e. The van der Waals surface area contributed by atoms with Crippen LogP contribution in [0.5, 0.6) is 11.5 Å². The van der Waals surface area contributed by atoms with Crippen LogP contribution in [0.25, 0.3) is 10.8 Å². The summed E-state index contributed by atoms with van der Waals surface area (Å²) in [6.45, 7) is 1.83. The number of carbonyl (C=O) groups excluding carboxylic acids is 1. The molecule has 4 aromatic rings. The largest absolute Gasteiger partial charge is 0.508 e. The molecule has 0 aliphatic rings. The summed E-state index contributed by atoms with van der Waals surface area (Å²) in [5.74, 6) is 0.555. The van der Waals surface area contributed by atoms with Gasteiger partial charge in [-0.25, -0.2) is 0 Å². The molecule has 0 spiro atoms. The Balaban J connectivity index is 1.66. The van der Waals surface area contributed by atoms with Gasteiger partial charge in [-0.15, -0.1) is 0 Å². The average molecular weight is 397 g/mol. The van der Waals surface area contributed by atoms with Crippen molar-refractivity contribution in [1.82, 2.24) is 5.32 Å². The summed E-state index contributed by atoms with van der Waals surface area (Å²) in [4.78, 5) is 12.8. The number of benzene rings is 4. The van der Waals surface area contributed by atoms with Gasteiger partial charge in [0.05, 0.1) is 6.04 Å². The molecule has 1 amide bonds. The Kier molecular flexibility index (Phi) is 5.66. The number of hydrogen-bond acceptors (Lipinski definition) is 3. The Morgan fingerprint density at radius 2 is 1.60 bits per heavy atom. The normalized spacial score (nSPS) is 11.8. The first-order valence-corrected chi connectivity index (χ1v) is 9.87. The van der Waals surface area contributed by atoms with E-state index in [1.807, 2.05) is 91.9 Å². The molecule has 4 aromatic carbocycles. The third kappa shape index (κ3) is 4.13. The van der Waals surface area contributed by atoms with Crippen molar-refractivity contribution in [1.29, 1.82) is 0 Å². The van der Waals surface area contributed by atoms with Gasteiger partial charge < -0.3 is 15.2 Å². The van der Waals surface area contributed by atoms with E-state index in [4.69, 9.17) is 4.74 Å². The van der Waals surface area contributed by atoms with Gasteiger partial charge in [0.1, 0.15) is 11.5 Å². The molecule has 0 bridgehead atoms. The van der Waals surface area contributed by atoms with Crippen molar-refractivity contribution < 1.29 is 14.6 Å². The Morgan fingerprint density at radius 3 is 2.40 bits per heavy atom. The van der Waals surface area contributed by atoms with Crippen molar-refractivity contribution >= 4 is 16.7 Å². The monoisotopic (exact) mass is 397 g/mol. The number of hydrogen-bond donors (Lipinski definition) is 2. The minimum absolute atomic E-state index is 0.111. The second-order valence-corrected chi connectivity index (χ2v) is 7.18. The number of para-hydroxylation sites is 1. The third-order valence-corrected chi connectivity index (χ3v) is 5.13. The van der Waals surface area contributed by atoms with E-state index in [2.05, 4.69) is 5.32 Å². The van der Waals surface area contributed by atoms with Crippen LogP contribution in [0, 0.1) is 6.92 Å². The van der Waals surface area contributed by atoms with Crippen molar-refractivity contribution in [2.24, 2.45) is 0 Å². The number of aromatic hydroxyl groups is 1. The predicted molar refractivity (Wildman–Crippen MR) is 119 cm³/mol. The fourth-order valence-electron chi connectivity index (χ4n) is 3.62. The van der Waals surface area contributed by atoms with E-state index in [1.165, 1.54) is 0 Å². The zero-order valence-electron chi connectivity index (χ0n) is 16.7. The molecule has 0 aliphatic heterocycles. The number of nitrogens with one attached hydrogen (secondary N) is 1. The number of phenols is 1. The molecule has 0 aliphatic carbocycles. The third-order valence-electron chi connectivity index (χ3n) is 5.13. The van der Waals surface area contributed by atoms with E-state index >= 15 is 0 Å². The number of ether oxygens (including phenoxy) is 1. The molecule has 4 rings (SSSR count). The number of aryl methyl sites for hydroxylation is 1. The summed E-state index contributed by atoms with van der Waals surface area (Å²) in [5.41, 5.74) is 2.52. The fraction of sp³-hybridized carbons (Fsp3) is 0.115. The molecule has 0 saturated heterocycles. The van der Waals surface area contributed by atoms with E-state index in [1.54, 1.807) is 6.07 Å². The summed E-state index contributed by atoms with van der Waals surface area (Å²) in [7, 11) is 0. The SMILES string of the molecule is Cc1ccccc1OCC(=O)N[C@@H](c1ccccc1)c1c(O)ccc2ccccc12. The Labute approximate surface area is 175 Å². The minimum Gasteiger partial charge on any atom is -0.508 e. The van der Waals surface area contributed by atoms with Crippen LogP contribution in [-0.4, -0.2) is 17.6 Å². The minimum atomic E-state index is -0.509. The lowest BCUT2D eigenvalue weighted by molar-refractivity contribution is -0.123. The van der Waals surface area contributed by atoms with Gasteiger partial charge in [0.15, 0.2) is 6.61 Å². The van der Waals surface area contributed by atoms with Crippen LogP contribution in [0.1, 0.15) is 22.7 Å². The van der Waals surface area contributed by atoms with Crippen LogP contribution >= 0.6 is 0 Å². The zero-order valence-corrected chi connectivity index (χ0v) is 16.7. The van der Waals surface area contributed by atoms with Crippen LogP contribution in [0.3, 0.4) is 0 Å². The Morgan fingerprint density at radius 1 is 0.900 bits per heavy atom. The van der Waals surface area contributed by atoms with Crippen LogP contribution in [0.2, 0.25) is 0 Å². The van der Waals surface area contributed by atoms with Gasteiger partial charge >= 0.3 is 0 Å². The van der Waals surface area contributed by atoms with Crippen LogP contribution in [0.15, 0.2) is 91.0 Å². The smallest absolute Gasteiger partial charge is 0.258 e. The topological polar surface area (TPSA) is 58.6 Å². The molecule has 0 saturated carbocycles. The quantitative estimate of drug-likeness (QED) is 0.474. The molecule has 0 fully saturated rings. The lowest BCUT2D eigenvalue weighted by atomic mass is 9.92. The summed E-state index contributed by atoms with van der Waals surface area (Å²) in [6.07, 6.45) is 0. The number of rotatable bonds is 6. The highest BCUT2D eigenvalue weighted by Crippen LogP contribution is 2.35. The van der Waals surface area contributed by atoms with E-state index in [-0.39, 0.29) is 18.3 Å². The van der Waals surface area contributed by atoms with Crippen molar-refractivity contribution in [3.05, 3.63) is 108 Å². The number of amides is 1. The molecule has 2 N–H and O–H groups in total. The molecule has 4 heteroatoms. The highest BCUT2D eigenvalue weighted by Gasteiger charge is 2.22. The molecule has 4 nitrogen and oxygen atoms in total. The van der Waals surface area contributed by atoms with Gasteiger partial charge in [-0.05, 0) is 41.0 Å². The van der Waals surface area contributed by atoms with Gasteiger partial charge in [-0.2, -0.15) is 0 Å². The summed E-state index contributed by atoms with van der Waals surface area (Å²) < 4.78 is 5.71. The van der Waals surface area contributed by atoms with Crippen molar-refractivity contribution in [3.63, 3.8) is 0 Å². The standard InChI is InChI=1S/C26H23NO3/c1-18-9-5-8-14-23(18)30-17-24(29)27-26(20-11-3-2-4-12-20)25-21-13-7-6-10-19(21)15-16-22(25)28/h2-16,26,28H,17H2,1H3,(H,27,29)/t26-/m0/s1. The van der Waals surface area contributed by atoms with E-state index in [9.17, 15) is 9.90 Å². The first kappa shape index (κ1) is 19.5. The molecule has 150 valence electrons. The van der Waals surface area contributed by atoms with Crippen molar-refractivity contribution in [3.8, 4) is 11.5 Å². The number of phenolic OH excluding ortho intramolecular Hbond substituents is 1. The van der Waals surface area contributed by atoms with E-state index < -0.39 is 6.04 Å². The van der Waals surface area contributed by atoms with Crippen LogP contribution in [0.4, 0.5) is 0 Å². The van der Waals surface area contributed by atoms with E-state index in [0.29, 0.717) is 11.3 Å². The Hall–Kier alpha value is -3.79. The summed E-state index contributed by atoms with van der Waals surface area (Å²) >= 11 is 0. The lowest BCUT2D eigenvalue weighted by Crippen LogP contribution is -2.33. The van der Waals surface area contributed by atoms with Gasteiger partial charge in [0.25, 0.3) is 5.91 Å². The predicted octanol–water partition coefficient (Wildman–Crippen LogP) is 5.14. The molecule has 0 radical (unpaired) electrons. The first-order chi connectivity index (χ1) is 14.6. The number of fused-ring (bicyclic) bond motifs is 1. The zero-order chi connectivity index (χ0) is 20.9. The van der Waals surface area contributed by atoms with Crippen molar-refractivity contribution in [2.45, 2.75) is 13.0 Å². The maximum atomic E-state index is 12.8. The van der Waals surface area contributed by atoms with Gasteiger partial charge in [-0.3, -0.25) is 4.79 Å². The molecular weight excluding hydrogens is 374 g/mol. The molecule has 1 atom stereocenters. The van der Waals surface area contributed by atoms with Gasteiger partial charge in [0.2, 0.25) is 0 Å². The highest BCUT2D eigenvalue weighted by atomic mass is 16.5. The van der Waals surface area contributed by atoms with Crippen LogP contribution in [-0.2, 0) is 4.79 Å². The van der Waals surface area contributed by atoms with Crippen molar-refractivity contribution in [2.75, 3.05) is 6.61 Å². The second kappa shape index (κ2) is 8.70. The number of carbonyl (C=O) groups is 1. The first-order valence-electron chi connectivity index (χ1n) is 9.87. The lowest BCUT2D eigenvalue weighted by Gasteiger charge is -2.23. The van der Waals surface area contributed by atoms with Gasteiger partial charge in [0, 0.05) is 5.56 Å². The van der Waals surface area contributed by atoms with E-state index in [0.717, 1.165) is 21.9 Å². The molecule has 30 heavy (non-hydrogen) atoms. The molecule has 0 heterocycles. The second-order valence-electron chi connectivity index (χ2n) is 7.18. The van der Waals surface area contributed by atoms with Gasteiger partial charge in [-0.1, -0.05) is 78.9 Å². The Bertz CT molecular complexity index is 1170. The molecule has 0 unspecified atom stereocenters. The highest BCUT2D eigenvalue weighted by molar-refractivity contribution is 5.89. The average Bonchev–Trinajstić information content (AvgIpc) is 2.78. The maximum absolute atomic E-state index is 12.8.